The molecule has 1 heterocycles. The molecule has 2 rings (SSSR count). The molecule has 0 aliphatic rings. The standard InChI is InChI=1S/C10H11BrN4/c1-7-13-10(12)15(14-7)6-8-2-4-9(11)5-3-8/h2-5H,6H2,1H3,(H2,12,13,14). The molecule has 5 heteroatoms. The topological polar surface area (TPSA) is 56.7 Å². The average molecular weight is 267 g/mol. The lowest BCUT2D eigenvalue weighted by molar-refractivity contribution is 0.689. The quantitative estimate of drug-likeness (QED) is 0.905. The number of nitrogen functional groups attached to an aromatic ring is 1. The van der Waals surface area contributed by atoms with Crippen LogP contribution in [0.25, 0.3) is 0 Å². The SMILES string of the molecule is Cc1nc(N)n(Cc2ccc(Br)cc2)n1. The summed E-state index contributed by atoms with van der Waals surface area (Å²) in [5, 5.41) is 4.20. The van der Waals surface area contributed by atoms with Crippen molar-refractivity contribution >= 4 is 21.9 Å². The van der Waals surface area contributed by atoms with Crippen molar-refractivity contribution in [2.75, 3.05) is 5.73 Å². The third-order valence-electron chi connectivity index (χ3n) is 2.05. The van der Waals surface area contributed by atoms with Crippen molar-refractivity contribution in [2.45, 2.75) is 13.5 Å². The fourth-order valence-corrected chi connectivity index (χ4v) is 1.62. The van der Waals surface area contributed by atoms with Gasteiger partial charge in [0.05, 0.1) is 6.54 Å². The summed E-state index contributed by atoms with van der Waals surface area (Å²) in [5.74, 6) is 1.15. The Balaban J connectivity index is 2.21. The smallest absolute Gasteiger partial charge is 0.219 e. The molecule has 0 bridgehead atoms. The molecular formula is C10H11BrN4. The number of hydrogen-bond donors (Lipinski definition) is 1. The number of aromatic nitrogens is 3. The van der Waals surface area contributed by atoms with Crippen molar-refractivity contribution in [1.82, 2.24) is 14.8 Å². The highest BCUT2D eigenvalue weighted by molar-refractivity contribution is 9.10. The van der Waals surface area contributed by atoms with Gasteiger partial charge in [0.25, 0.3) is 0 Å². The van der Waals surface area contributed by atoms with Crippen LogP contribution in [0.5, 0.6) is 0 Å². The van der Waals surface area contributed by atoms with Crippen molar-refractivity contribution in [2.24, 2.45) is 0 Å². The van der Waals surface area contributed by atoms with E-state index in [1.807, 2.05) is 31.2 Å². The molecule has 0 aliphatic heterocycles. The third kappa shape index (κ3) is 2.36. The summed E-state index contributed by atoms with van der Waals surface area (Å²) in [5.41, 5.74) is 6.85. The number of nitrogens with zero attached hydrogens (tertiary/aromatic N) is 3. The Morgan fingerprint density at radius 1 is 1.33 bits per heavy atom. The van der Waals surface area contributed by atoms with Crippen molar-refractivity contribution in [3.8, 4) is 0 Å². The Labute approximate surface area is 96.3 Å². The first-order valence-corrected chi connectivity index (χ1v) is 5.36. The van der Waals surface area contributed by atoms with E-state index in [4.69, 9.17) is 5.73 Å². The molecule has 0 radical (unpaired) electrons. The van der Waals surface area contributed by atoms with E-state index < -0.39 is 0 Å². The Bertz CT molecular complexity index is 461. The van der Waals surface area contributed by atoms with E-state index in [1.165, 1.54) is 0 Å². The lowest BCUT2D eigenvalue weighted by Gasteiger charge is -2.02. The van der Waals surface area contributed by atoms with E-state index in [9.17, 15) is 0 Å². The van der Waals surface area contributed by atoms with Crippen molar-refractivity contribution in [1.29, 1.82) is 0 Å². The molecule has 0 unspecified atom stereocenters. The van der Waals surface area contributed by atoms with Crippen LogP contribution in [0.3, 0.4) is 0 Å². The number of anilines is 1. The molecule has 1 aromatic heterocycles. The van der Waals surface area contributed by atoms with Crippen molar-refractivity contribution in [3.05, 3.63) is 40.1 Å². The van der Waals surface area contributed by atoms with Crippen LogP contribution in [-0.2, 0) is 6.54 Å². The molecule has 0 fully saturated rings. The number of halogens is 1. The van der Waals surface area contributed by atoms with Crippen molar-refractivity contribution < 1.29 is 0 Å². The van der Waals surface area contributed by atoms with Gasteiger partial charge in [-0.3, -0.25) is 0 Å². The van der Waals surface area contributed by atoms with Crippen LogP contribution < -0.4 is 5.73 Å². The number of rotatable bonds is 2. The normalized spacial score (nSPS) is 10.5. The van der Waals surface area contributed by atoms with Crippen LogP contribution in [0.1, 0.15) is 11.4 Å². The van der Waals surface area contributed by atoms with Gasteiger partial charge in [-0.2, -0.15) is 10.1 Å². The highest BCUT2D eigenvalue weighted by Crippen LogP contribution is 2.12. The summed E-state index contributed by atoms with van der Waals surface area (Å²) in [7, 11) is 0. The van der Waals surface area contributed by atoms with Crippen LogP contribution in [-0.4, -0.2) is 14.8 Å². The Morgan fingerprint density at radius 2 is 2.00 bits per heavy atom. The minimum absolute atomic E-state index is 0.454. The minimum atomic E-state index is 0.454. The van der Waals surface area contributed by atoms with Gasteiger partial charge in [-0.15, -0.1) is 0 Å². The summed E-state index contributed by atoms with van der Waals surface area (Å²) in [6, 6.07) is 8.05. The van der Waals surface area contributed by atoms with Crippen LogP contribution in [0.4, 0.5) is 5.95 Å². The molecule has 0 atom stereocenters. The highest BCUT2D eigenvalue weighted by Gasteiger charge is 2.03. The maximum atomic E-state index is 5.70. The number of hydrogen-bond acceptors (Lipinski definition) is 3. The van der Waals surface area contributed by atoms with Gasteiger partial charge in [-0.1, -0.05) is 28.1 Å². The molecule has 0 spiro atoms. The molecule has 78 valence electrons. The predicted molar refractivity (Wildman–Crippen MR) is 62.4 cm³/mol. The first-order valence-electron chi connectivity index (χ1n) is 4.56. The fourth-order valence-electron chi connectivity index (χ4n) is 1.35. The van der Waals surface area contributed by atoms with Gasteiger partial charge in [0.15, 0.2) is 0 Å². The Hall–Kier alpha value is -1.36. The number of aryl methyl sites for hydroxylation is 1. The molecule has 0 saturated heterocycles. The lowest BCUT2D eigenvalue weighted by atomic mass is 10.2. The molecule has 15 heavy (non-hydrogen) atoms. The Kier molecular flexibility index (Phi) is 2.73. The Morgan fingerprint density at radius 3 is 2.53 bits per heavy atom. The minimum Gasteiger partial charge on any atom is -0.368 e. The second kappa shape index (κ2) is 4.02. The zero-order valence-corrected chi connectivity index (χ0v) is 9.90. The van der Waals surface area contributed by atoms with Gasteiger partial charge in [0, 0.05) is 4.47 Å². The summed E-state index contributed by atoms with van der Waals surface area (Å²) in [6.45, 7) is 2.48. The molecule has 2 aromatic rings. The molecule has 0 saturated carbocycles. The highest BCUT2D eigenvalue weighted by atomic mass is 79.9. The molecule has 0 aliphatic carbocycles. The van der Waals surface area contributed by atoms with Crippen LogP contribution in [0.2, 0.25) is 0 Å². The van der Waals surface area contributed by atoms with Gasteiger partial charge in [0.2, 0.25) is 5.95 Å². The molecule has 0 amide bonds. The second-order valence-corrected chi connectivity index (χ2v) is 4.22. The first-order chi connectivity index (χ1) is 7.15. The molecule has 1 aromatic carbocycles. The second-order valence-electron chi connectivity index (χ2n) is 3.30. The molecule has 2 N–H and O–H groups in total. The zero-order chi connectivity index (χ0) is 10.8. The van der Waals surface area contributed by atoms with Crippen molar-refractivity contribution in [3.63, 3.8) is 0 Å². The van der Waals surface area contributed by atoms with E-state index >= 15 is 0 Å². The van der Waals surface area contributed by atoms with E-state index in [0.29, 0.717) is 18.3 Å². The van der Waals surface area contributed by atoms with Gasteiger partial charge in [0.1, 0.15) is 5.82 Å². The fraction of sp³-hybridized carbons (Fsp3) is 0.200. The number of nitrogens with two attached hydrogens (primary N) is 1. The summed E-state index contributed by atoms with van der Waals surface area (Å²) >= 11 is 3.39. The lowest BCUT2D eigenvalue weighted by Crippen LogP contribution is -2.06. The van der Waals surface area contributed by atoms with Gasteiger partial charge < -0.3 is 5.73 Å². The maximum absolute atomic E-state index is 5.70. The van der Waals surface area contributed by atoms with Crippen LogP contribution in [0, 0.1) is 6.92 Å². The number of benzene rings is 1. The summed E-state index contributed by atoms with van der Waals surface area (Å²) < 4.78 is 2.76. The summed E-state index contributed by atoms with van der Waals surface area (Å²) in [6.07, 6.45) is 0. The maximum Gasteiger partial charge on any atom is 0.219 e. The van der Waals surface area contributed by atoms with E-state index in [2.05, 4.69) is 26.0 Å². The average Bonchev–Trinajstić information content (AvgIpc) is 2.49. The van der Waals surface area contributed by atoms with Gasteiger partial charge in [-0.25, -0.2) is 4.68 Å². The van der Waals surface area contributed by atoms with Gasteiger partial charge in [-0.05, 0) is 24.6 Å². The van der Waals surface area contributed by atoms with E-state index in [0.717, 1.165) is 10.0 Å². The monoisotopic (exact) mass is 266 g/mol. The van der Waals surface area contributed by atoms with Gasteiger partial charge >= 0.3 is 0 Å². The van der Waals surface area contributed by atoms with Crippen LogP contribution in [0.15, 0.2) is 28.7 Å². The zero-order valence-electron chi connectivity index (χ0n) is 8.31. The summed E-state index contributed by atoms with van der Waals surface area (Å²) in [4.78, 5) is 4.05. The van der Waals surface area contributed by atoms with Crippen LogP contribution >= 0.6 is 15.9 Å². The predicted octanol–water partition coefficient (Wildman–Crippen LogP) is 1.98. The molecular weight excluding hydrogens is 256 g/mol. The van der Waals surface area contributed by atoms with E-state index in [-0.39, 0.29) is 0 Å². The molecule has 4 nitrogen and oxygen atoms in total. The van der Waals surface area contributed by atoms with E-state index in [1.54, 1.807) is 4.68 Å². The largest absolute Gasteiger partial charge is 0.368 e. The first kappa shape index (κ1) is 10.2. The third-order valence-corrected chi connectivity index (χ3v) is 2.58.